The average Bonchev–Trinajstić information content (AvgIpc) is 2.56. The molecule has 2 aromatic rings. The van der Waals surface area contributed by atoms with Crippen molar-refractivity contribution < 1.29 is 19.6 Å². The molecule has 0 aromatic heterocycles. The summed E-state index contributed by atoms with van der Waals surface area (Å²) in [5, 5.41) is 24.7. The Bertz CT molecular complexity index is 937. The molecule has 0 saturated carbocycles. The Morgan fingerprint density at radius 3 is 2.50 bits per heavy atom. The molecule has 11 heteroatoms. The number of benzene rings is 2. The highest BCUT2D eigenvalue weighted by Crippen LogP contribution is 2.23. The van der Waals surface area contributed by atoms with Crippen molar-refractivity contribution in [3.63, 3.8) is 0 Å². The van der Waals surface area contributed by atoms with E-state index in [2.05, 4.69) is 26.6 Å². The number of carbonyl (C=O) groups is 2. The SMILES string of the molecule is O=C(NC(=S)Nc1ccc(Br)cc1C(=O)O)c1cc([N+](=O)[O-])ccc1Cl. The van der Waals surface area contributed by atoms with Crippen LogP contribution in [0.3, 0.4) is 0 Å². The van der Waals surface area contributed by atoms with Crippen LogP contribution in [-0.2, 0) is 0 Å². The highest BCUT2D eigenvalue weighted by atomic mass is 79.9. The second-order valence-electron chi connectivity index (χ2n) is 4.82. The van der Waals surface area contributed by atoms with E-state index in [9.17, 15) is 24.8 Å². The molecule has 26 heavy (non-hydrogen) atoms. The number of hydrogen-bond donors (Lipinski definition) is 3. The van der Waals surface area contributed by atoms with Gasteiger partial charge in [-0.25, -0.2) is 4.79 Å². The van der Waals surface area contributed by atoms with Crippen LogP contribution < -0.4 is 10.6 Å². The molecule has 1 amide bonds. The van der Waals surface area contributed by atoms with Crippen molar-refractivity contribution in [2.45, 2.75) is 0 Å². The fourth-order valence-corrected chi connectivity index (χ4v) is 2.69. The highest BCUT2D eigenvalue weighted by Gasteiger charge is 2.18. The van der Waals surface area contributed by atoms with Gasteiger partial charge in [0.1, 0.15) is 0 Å². The van der Waals surface area contributed by atoms with Crippen molar-refractivity contribution >= 4 is 68.1 Å². The lowest BCUT2D eigenvalue weighted by molar-refractivity contribution is -0.384. The Labute approximate surface area is 165 Å². The van der Waals surface area contributed by atoms with E-state index < -0.39 is 16.8 Å². The second kappa shape index (κ2) is 8.21. The molecular weight excluding hydrogens is 450 g/mol. The van der Waals surface area contributed by atoms with Crippen LogP contribution >= 0.6 is 39.7 Å². The number of carbonyl (C=O) groups excluding carboxylic acids is 1. The van der Waals surface area contributed by atoms with Gasteiger partial charge in [-0.15, -0.1) is 0 Å². The van der Waals surface area contributed by atoms with Crippen molar-refractivity contribution in [3.8, 4) is 0 Å². The molecule has 0 heterocycles. The number of amides is 1. The third kappa shape index (κ3) is 4.75. The van der Waals surface area contributed by atoms with E-state index in [-0.39, 0.29) is 32.6 Å². The Morgan fingerprint density at radius 2 is 1.88 bits per heavy atom. The number of non-ortho nitro benzene ring substituents is 1. The minimum atomic E-state index is -1.19. The molecule has 0 radical (unpaired) electrons. The Kier molecular flexibility index (Phi) is 6.24. The zero-order valence-electron chi connectivity index (χ0n) is 12.7. The summed E-state index contributed by atoms with van der Waals surface area (Å²) in [7, 11) is 0. The molecule has 2 aromatic carbocycles. The maximum Gasteiger partial charge on any atom is 0.337 e. The third-order valence-electron chi connectivity index (χ3n) is 3.09. The lowest BCUT2D eigenvalue weighted by Gasteiger charge is -2.12. The Morgan fingerprint density at radius 1 is 1.19 bits per heavy atom. The summed E-state index contributed by atoms with van der Waals surface area (Å²) < 4.78 is 0.554. The smallest absolute Gasteiger partial charge is 0.337 e. The number of thiocarbonyl (C=S) groups is 1. The normalized spacial score (nSPS) is 10.1. The van der Waals surface area contributed by atoms with Gasteiger partial charge in [0, 0.05) is 16.6 Å². The largest absolute Gasteiger partial charge is 0.478 e. The maximum atomic E-state index is 12.2. The van der Waals surface area contributed by atoms with Gasteiger partial charge in [-0.1, -0.05) is 27.5 Å². The number of hydrogen-bond acceptors (Lipinski definition) is 5. The molecule has 0 aliphatic heterocycles. The number of carboxylic acids is 1. The van der Waals surface area contributed by atoms with Crippen LogP contribution in [0.25, 0.3) is 0 Å². The number of rotatable bonds is 4. The van der Waals surface area contributed by atoms with Crippen LogP contribution in [0.15, 0.2) is 40.9 Å². The molecule has 0 aliphatic rings. The summed E-state index contributed by atoms with van der Waals surface area (Å²) in [4.78, 5) is 33.7. The number of halogens is 2. The van der Waals surface area contributed by atoms with E-state index in [4.69, 9.17) is 23.8 Å². The minimum absolute atomic E-state index is 0.00534. The predicted octanol–water partition coefficient (Wildman–Crippen LogP) is 3.84. The van der Waals surface area contributed by atoms with Gasteiger partial charge in [0.15, 0.2) is 5.11 Å². The van der Waals surface area contributed by atoms with Crippen LogP contribution in [0.2, 0.25) is 5.02 Å². The van der Waals surface area contributed by atoms with Crippen LogP contribution in [0.5, 0.6) is 0 Å². The Hall–Kier alpha value is -2.56. The molecule has 0 spiro atoms. The molecule has 0 fully saturated rings. The van der Waals surface area contributed by atoms with Crippen molar-refractivity contribution in [2.75, 3.05) is 5.32 Å². The second-order valence-corrected chi connectivity index (χ2v) is 6.56. The Balaban J connectivity index is 2.19. The molecule has 0 aliphatic carbocycles. The minimum Gasteiger partial charge on any atom is -0.478 e. The molecule has 8 nitrogen and oxygen atoms in total. The van der Waals surface area contributed by atoms with Crippen molar-refractivity contribution in [3.05, 3.63) is 67.1 Å². The van der Waals surface area contributed by atoms with Crippen LogP contribution in [0.4, 0.5) is 11.4 Å². The molecular formula is C15H9BrClN3O5S. The van der Waals surface area contributed by atoms with E-state index in [1.165, 1.54) is 18.2 Å². The maximum absolute atomic E-state index is 12.2. The van der Waals surface area contributed by atoms with Gasteiger partial charge in [0.25, 0.3) is 11.6 Å². The summed E-state index contributed by atoms with van der Waals surface area (Å²) in [6, 6.07) is 7.83. The zero-order chi connectivity index (χ0) is 19.4. The van der Waals surface area contributed by atoms with Gasteiger partial charge in [-0.2, -0.15) is 0 Å². The lowest BCUT2D eigenvalue weighted by atomic mass is 10.2. The number of nitro benzene ring substituents is 1. The lowest BCUT2D eigenvalue weighted by Crippen LogP contribution is -2.34. The van der Waals surface area contributed by atoms with E-state index >= 15 is 0 Å². The van der Waals surface area contributed by atoms with E-state index in [1.54, 1.807) is 6.07 Å². The summed E-state index contributed by atoms with van der Waals surface area (Å²) in [5.41, 5.74) is -0.348. The number of anilines is 1. The molecule has 0 bridgehead atoms. The summed E-state index contributed by atoms with van der Waals surface area (Å²) >= 11 is 14.1. The van der Waals surface area contributed by atoms with Gasteiger partial charge in [0.2, 0.25) is 0 Å². The van der Waals surface area contributed by atoms with Crippen LogP contribution in [0, 0.1) is 10.1 Å². The van der Waals surface area contributed by atoms with Crippen LogP contribution in [0.1, 0.15) is 20.7 Å². The van der Waals surface area contributed by atoms with E-state index in [0.29, 0.717) is 4.47 Å². The number of nitrogens with zero attached hydrogens (tertiary/aromatic N) is 1. The number of nitrogens with one attached hydrogen (secondary N) is 2. The molecule has 0 atom stereocenters. The van der Waals surface area contributed by atoms with Crippen molar-refractivity contribution in [1.82, 2.24) is 5.32 Å². The van der Waals surface area contributed by atoms with Crippen molar-refractivity contribution in [2.24, 2.45) is 0 Å². The first-order valence-corrected chi connectivity index (χ1v) is 8.36. The molecule has 3 N–H and O–H groups in total. The van der Waals surface area contributed by atoms with Gasteiger partial charge < -0.3 is 10.4 Å². The monoisotopic (exact) mass is 457 g/mol. The molecule has 2 rings (SSSR count). The predicted molar refractivity (Wildman–Crippen MR) is 103 cm³/mol. The van der Waals surface area contributed by atoms with Gasteiger partial charge in [-0.05, 0) is 36.5 Å². The third-order valence-corrected chi connectivity index (χ3v) is 4.12. The highest BCUT2D eigenvalue weighted by molar-refractivity contribution is 9.10. The fourth-order valence-electron chi connectivity index (χ4n) is 1.93. The average molecular weight is 459 g/mol. The summed E-state index contributed by atoms with van der Waals surface area (Å²) in [6.45, 7) is 0. The standard InChI is InChI=1S/C15H9BrClN3O5S/c16-7-1-4-12(10(5-7)14(22)23)18-15(26)19-13(21)9-6-8(20(24)25)2-3-11(9)17/h1-6H,(H,22,23)(H2,18,19,21,26). The van der Waals surface area contributed by atoms with E-state index in [1.807, 2.05) is 0 Å². The first kappa shape index (κ1) is 19.8. The summed E-state index contributed by atoms with van der Waals surface area (Å²) in [6.07, 6.45) is 0. The first-order valence-electron chi connectivity index (χ1n) is 6.78. The zero-order valence-corrected chi connectivity index (χ0v) is 15.8. The summed E-state index contributed by atoms with van der Waals surface area (Å²) in [5.74, 6) is -1.96. The van der Waals surface area contributed by atoms with Gasteiger partial charge in [0.05, 0.1) is 26.8 Å². The number of nitro groups is 1. The number of aromatic carboxylic acids is 1. The molecule has 0 unspecified atom stereocenters. The first-order chi connectivity index (χ1) is 12.2. The molecule has 134 valence electrons. The van der Waals surface area contributed by atoms with Gasteiger partial charge in [-0.3, -0.25) is 20.2 Å². The fraction of sp³-hybridized carbons (Fsp3) is 0. The molecule has 0 saturated heterocycles. The van der Waals surface area contributed by atoms with Gasteiger partial charge >= 0.3 is 5.97 Å². The number of carboxylic acid groups (broad SMARTS) is 1. The van der Waals surface area contributed by atoms with Crippen LogP contribution in [-0.4, -0.2) is 27.0 Å². The van der Waals surface area contributed by atoms with Crippen molar-refractivity contribution in [1.29, 1.82) is 0 Å². The topological polar surface area (TPSA) is 122 Å². The van der Waals surface area contributed by atoms with E-state index in [0.717, 1.165) is 12.1 Å². The quantitative estimate of drug-likeness (QED) is 0.361.